The van der Waals surface area contributed by atoms with E-state index in [-0.39, 0.29) is 23.5 Å². The summed E-state index contributed by atoms with van der Waals surface area (Å²) in [5.41, 5.74) is 0.297. The number of rotatable bonds is 8. The van der Waals surface area contributed by atoms with Crippen LogP contribution in [0.3, 0.4) is 0 Å². The van der Waals surface area contributed by atoms with E-state index in [9.17, 15) is 32.7 Å². The molecule has 0 unspecified atom stereocenters. The molecular formula is C22H21N5O7S2. The third-order valence-electron chi connectivity index (χ3n) is 5.79. The van der Waals surface area contributed by atoms with Crippen LogP contribution in [-0.2, 0) is 35.8 Å². The molecule has 12 nitrogen and oxygen atoms in total. The molecule has 2 fully saturated rings. The third kappa shape index (κ3) is 4.45. The molecule has 188 valence electrons. The highest BCUT2D eigenvalue weighted by Gasteiger charge is 2.64. The van der Waals surface area contributed by atoms with Gasteiger partial charge in [-0.3, -0.25) is 9.59 Å². The Labute approximate surface area is 210 Å². The maximum atomic E-state index is 12.9. The molecule has 3 atom stereocenters. The van der Waals surface area contributed by atoms with E-state index in [1.165, 1.54) is 41.1 Å². The maximum absolute atomic E-state index is 12.9. The Morgan fingerprint density at radius 3 is 2.58 bits per heavy atom. The van der Waals surface area contributed by atoms with Crippen LogP contribution in [-0.4, -0.2) is 69.5 Å². The lowest BCUT2D eigenvalue weighted by Gasteiger charge is -2.43. The Bertz CT molecular complexity index is 1380. The number of benzene rings is 1. The molecule has 0 saturated carbocycles. The fraction of sp³-hybridized carbons (Fsp3) is 0.318. The number of thioether (sulfide) groups is 1. The number of fused-ring (bicyclic) bond motifs is 1. The molecule has 2 aliphatic heterocycles. The van der Waals surface area contributed by atoms with Crippen LogP contribution in [0.15, 0.2) is 53.1 Å². The number of carbonyl (C=O) groups excluding carboxylic acids is 3. The number of isocyanates is 1. The van der Waals surface area contributed by atoms with Crippen molar-refractivity contribution in [2.24, 2.45) is 4.40 Å². The number of carboxylic acid groups (broad SMARTS) is 1. The van der Waals surface area contributed by atoms with Crippen LogP contribution in [0, 0.1) is 0 Å². The number of β-lactam (4-membered cyclic amide) rings is 1. The standard InChI is InChI=1S/C22H21N5O7S2/c1-22(2)18(21(31)32)26-19(30)17(20(26)35-22)25-16(29)11-13-7-3-4-8-14(13)27(36(33,34)24-12-28)15-9-5-6-10-23-15/h3-10,17-18,20H,11H2,1-2H3,(H,25,29)(H,31,32)/t17-,18+,20-/m1/s1. The Kier molecular flexibility index (Phi) is 6.60. The van der Waals surface area contributed by atoms with Crippen LogP contribution >= 0.6 is 11.8 Å². The SMILES string of the molecule is CC1(C)S[C@@H]2[C@H](NC(=O)Cc3ccccc3N(c3ccccn3)S(=O)(=O)N=C=O)C(=O)N2[C@H]1C(=O)O. The molecular weight excluding hydrogens is 510 g/mol. The molecule has 0 bridgehead atoms. The zero-order valence-electron chi connectivity index (χ0n) is 19.1. The minimum atomic E-state index is -4.58. The molecule has 2 aliphatic rings. The first-order valence-electron chi connectivity index (χ1n) is 10.6. The molecule has 3 heterocycles. The van der Waals surface area contributed by atoms with Crippen LogP contribution in [0.2, 0.25) is 0 Å². The van der Waals surface area contributed by atoms with Crippen LogP contribution in [0.5, 0.6) is 0 Å². The van der Waals surface area contributed by atoms with Crippen LogP contribution in [0.25, 0.3) is 0 Å². The summed E-state index contributed by atoms with van der Waals surface area (Å²) in [6, 6.07) is 8.69. The van der Waals surface area contributed by atoms with E-state index in [1.54, 1.807) is 38.1 Å². The summed E-state index contributed by atoms with van der Waals surface area (Å²) in [4.78, 5) is 53.4. The van der Waals surface area contributed by atoms with Gasteiger partial charge in [-0.15, -0.1) is 11.8 Å². The minimum absolute atomic E-state index is 0.0363. The number of nitrogens with zero attached hydrogens (tertiary/aromatic N) is 4. The van der Waals surface area contributed by atoms with Gasteiger partial charge in [0.2, 0.25) is 11.8 Å². The fourth-order valence-electron chi connectivity index (χ4n) is 4.33. The van der Waals surface area contributed by atoms with E-state index in [0.717, 1.165) is 10.4 Å². The van der Waals surface area contributed by atoms with Gasteiger partial charge >= 0.3 is 16.2 Å². The van der Waals surface area contributed by atoms with Crippen molar-refractivity contribution < 1.29 is 32.7 Å². The number of aliphatic carboxylic acids is 1. The monoisotopic (exact) mass is 531 g/mol. The van der Waals surface area contributed by atoms with E-state index in [1.807, 2.05) is 0 Å². The number of carboxylic acids is 1. The summed E-state index contributed by atoms with van der Waals surface area (Å²) in [6.07, 6.45) is 2.07. The molecule has 2 N–H and O–H groups in total. The van der Waals surface area contributed by atoms with Gasteiger partial charge in [0.15, 0.2) is 0 Å². The lowest BCUT2D eigenvalue weighted by atomic mass is 9.96. The molecule has 0 radical (unpaired) electrons. The quantitative estimate of drug-likeness (QED) is 0.287. The van der Waals surface area contributed by atoms with Gasteiger partial charge in [-0.05, 0) is 37.6 Å². The number of para-hydroxylation sites is 1. The van der Waals surface area contributed by atoms with Crippen LogP contribution in [0.1, 0.15) is 19.4 Å². The summed E-state index contributed by atoms with van der Waals surface area (Å²) < 4.78 is 28.5. The van der Waals surface area contributed by atoms with Crippen molar-refractivity contribution in [2.75, 3.05) is 4.31 Å². The average Bonchev–Trinajstić information content (AvgIpc) is 3.07. The highest BCUT2D eigenvalue weighted by atomic mass is 32.2. The van der Waals surface area contributed by atoms with E-state index < -0.39 is 50.2 Å². The van der Waals surface area contributed by atoms with Gasteiger partial charge in [0.05, 0.1) is 12.1 Å². The highest BCUT2D eigenvalue weighted by molar-refractivity contribution is 8.01. The topological polar surface area (TPSA) is 166 Å². The Balaban J connectivity index is 1.59. The third-order valence-corrected chi connectivity index (χ3v) is 8.52. The summed E-state index contributed by atoms with van der Waals surface area (Å²) in [5, 5.41) is 11.7. The van der Waals surface area contributed by atoms with Gasteiger partial charge in [-0.2, -0.15) is 8.42 Å². The van der Waals surface area contributed by atoms with E-state index in [2.05, 4.69) is 14.7 Å². The summed E-state index contributed by atoms with van der Waals surface area (Å²) in [6.45, 7) is 3.46. The zero-order valence-corrected chi connectivity index (χ0v) is 20.7. The second-order valence-electron chi connectivity index (χ2n) is 8.56. The molecule has 1 aromatic carbocycles. The Morgan fingerprint density at radius 2 is 1.94 bits per heavy atom. The maximum Gasteiger partial charge on any atom is 0.360 e. The minimum Gasteiger partial charge on any atom is -0.480 e. The predicted octanol–water partition coefficient (Wildman–Crippen LogP) is 0.975. The molecule has 0 spiro atoms. The smallest absolute Gasteiger partial charge is 0.360 e. The first-order valence-corrected chi connectivity index (χ1v) is 12.9. The first-order chi connectivity index (χ1) is 17.0. The predicted molar refractivity (Wildman–Crippen MR) is 129 cm³/mol. The Hall–Kier alpha value is -3.74. The van der Waals surface area contributed by atoms with Gasteiger partial charge in [0.25, 0.3) is 6.08 Å². The van der Waals surface area contributed by atoms with Crippen LogP contribution in [0.4, 0.5) is 11.5 Å². The van der Waals surface area contributed by atoms with E-state index in [0.29, 0.717) is 0 Å². The molecule has 14 heteroatoms. The number of hydrogen-bond donors (Lipinski definition) is 2. The van der Waals surface area contributed by atoms with Gasteiger partial charge in [0, 0.05) is 10.9 Å². The van der Waals surface area contributed by atoms with Crippen LogP contribution < -0.4 is 9.62 Å². The normalized spacial score (nSPS) is 22.1. The number of aromatic nitrogens is 1. The molecule has 4 rings (SSSR count). The van der Waals surface area contributed by atoms with Crippen molar-refractivity contribution in [3.05, 3.63) is 54.2 Å². The molecule has 0 aliphatic carbocycles. The lowest BCUT2D eigenvalue weighted by molar-refractivity contribution is -0.161. The van der Waals surface area contributed by atoms with Gasteiger partial charge < -0.3 is 15.3 Å². The number of amides is 2. The number of pyridine rings is 1. The van der Waals surface area contributed by atoms with Crippen molar-refractivity contribution in [1.82, 2.24) is 15.2 Å². The molecule has 36 heavy (non-hydrogen) atoms. The summed E-state index contributed by atoms with van der Waals surface area (Å²) in [7, 11) is -4.58. The number of anilines is 2. The lowest BCUT2D eigenvalue weighted by Crippen LogP contribution is -2.70. The average molecular weight is 532 g/mol. The Morgan fingerprint density at radius 1 is 1.25 bits per heavy atom. The van der Waals surface area contributed by atoms with Crippen molar-refractivity contribution in [1.29, 1.82) is 0 Å². The first kappa shape index (κ1) is 25.4. The van der Waals surface area contributed by atoms with E-state index >= 15 is 0 Å². The largest absolute Gasteiger partial charge is 0.480 e. The van der Waals surface area contributed by atoms with Gasteiger partial charge in [-0.25, -0.2) is 18.9 Å². The number of hydrogen-bond acceptors (Lipinski definition) is 8. The summed E-state index contributed by atoms with van der Waals surface area (Å²) >= 11 is 1.29. The fourth-order valence-corrected chi connectivity index (χ4v) is 6.90. The van der Waals surface area contributed by atoms with Gasteiger partial charge in [-0.1, -0.05) is 28.7 Å². The molecule has 2 saturated heterocycles. The molecule has 2 aromatic rings. The highest BCUT2D eigenvalue weighted by Crippen LogP contribution is 2.50. The number of nitrogens with one attached hydrogen (secondary N) is 1. The van der Waals surface area contributed by atoms with Crippen molar-refractivity contribution in [3.8, 4) is 0 Å². The molecule has 1 aromatic heterocycles. The second kappa shape index (κ2) is 9.37. The number of carbonyl (C=O) groups is 3. The molecule has 2 amide bonds. The van der Waals surface area contributed by atoms with Crippen molar-refractivity contribution >= 4 is 57.3 Å². The zero-order chi connectivity index (χ0) is 26.3. The van der Waals surface area contributed by atoms with Gasteiger partial charge in [0.1, 0.15) is 23.3 Å². The van der Waals surface area contributed by atoms with Crippen molar-refractivity contribution in [2.45, 2.75) is 42.5 Å². The second-order valence-corrected chi connectivity index (χ2v) is 11.8. The summed E-state index contributed by atoms with van der Waals surface area (Å²) in [5.74, 6) is -2.24. The van der Waals surface area contributed by atoms with E-state index in [4.69, 9.17) is 0 Å². The van der Waals surface area contributed by atoms with Crippen molar-refractivity contribution in [3.63, 3.8) is 0 Å².